The highest BCUT2D eigenvalue weighted by molar-refractivity contribution is 7.99. The highest BCUT2D eigenvalue weighted by Gasteiger charge is 2.03. The van der Waals surface area contributed by atoms with E-state index >= 15 is 0 Å². The second-order valence-corrected chi connectivity index (χ2v) is 8.75. The van der Waals surface area contributed by atoms with E-state index in [0.29, 0.717) is 0 Å². The number of nitrogens with one attached hydrogen (secondary N) is 2. The fourth-order valence-electron chi connectivity index (χ4n) is 3.07. The zero-order valence-electron chi connectivity index (χ0n) is 15.3. The van der Waals surface area contributed by atoms with Crippen LogP contribution in [0.3, 0.4) is 0 Å². The Balaban J connectivity index is 1.06. The zero-order valence-corrected chi connectivity index (χ0v) is 16.9. The van der Waals surface area contributed by atoms with Crippen molar-refractivity contribution >= 4 is 45.6 Å². The Kier molecular flexibility index (Phi) is 6.37. The molecule has 2 N–H and O–H groups in total. The van der Waals surface area contributed by atoms with Crippen LogP contribution in [-0.2, 0) is 0 Å². The van der Waals surface area contributed by atoms with Crippen molar-refractivity contribution in [2.75, 3.05) is 11.5 Å². The van der Waals surface area contributed by atoms with E-state index in [0.717, 1.165) is 43.9 Å². The number of thioether (sulfide) groups is 2. The molecule has 4 rings (SSSR count). The fourth-order valence-corrected chi connectivity index (χ4v) is 4.84. The van der Waals surface area contributed by atoms with Crippen molar-refractivity contribution in [2.45, 2.75) is 42.4 Å². The van der Waals surface area contributed by atoms with Gasteiger partial charge in [0, 0.05) is 11.5 Å². The molecule has 0 aliphatic carbocycles. The monoisotopic (exact) mass is 396 g/mol. The van der Waals surface area contributed by atoms with Gasteiger partial charge < -0.3 is 9.97 Å². The number of unbranched alkanes of at least 4 members (excludes halogenated alkanes) is 4. The van der Waals surface area contributed by atoms with E-state index in [4.69, 9.17) is 0 Å². The summed E-state index contributed by atoms with van der Waals surface area (Å²) in [6.45, 7) is 0. The van der Waals surface area contributed by atoms with Crippen LogP contribution in [0.4, 0.5) is 0 Å². The molecular formula is C21H24N4S2. The van der Waals surface area contributed by atoms with Crippen molar-refractivity contribution in [1.29, 1.82) is 0 Å². The lowest BCUT2D eigenvalue weighted by atomic mass is 10.2. The van der Waals surface area contributed by atoms with Crippen LogP contribution in [0, 0.1) is 0 Å². The highest BCUT2D eigenvalue weighted by atomic mass is 32.2. The topological polar surface area (TPSA) is 57.4 Å². The number of fused-ring (bicyclic) bond motifs is 2. The van der Waals surface area contributed by atoms with Crippen LogP contribution in [-0.4, -0.2) is 31.4 Å². The number of rotatable bonds is 10. The van der Waals surface area contributed by atoms with Gasteiger partial charge in [0.25, 0.3) is 0 Å². The van der Waals surface area contributed by atoms with Crippen LogP contribution in [0.15, 0.2) is 58.8 Å². The van der Waals surface area contributed by atoms with Gasteiger partial charge in [-0.3, -0.25) is 0 Å². The van der Waals surface area contributed by atoms with Crippen molar-refractivity contribution in [1.82, 2.24) is 19.9 Å². The average molecular weight is 397 g/mol. The number of hydrogen-bond donors (Lipinski definition) is 2. The van der Waals surface area contributed by atoms with Crippen molar-refractivity contribution in [3.05, 3.63) is 48.5 Å². The summed E-state index contributed by atoms with van der Waals surface area (Å²) in [6.07, 6.45) is 6.39. The normalized spacial score (nSPS) is 11.6. The van der Waals surface area contributed by atoms with E-state index in [-0.39, 0.29) is 0 Å². The van der Waals surface area contributed by atoms with E-state index in [9.17, 15) is 0 Å². The van der Waals surface area contributed by atoms with Gasteiger partial charge in [0.1, 0.15) is 0 Å². The summed E-state index contributed by atoms with van der Waals surface area (Å²) in [5, 5.41) is 2.08. The molecule has 0 unspecified atom stereocenters. The van der Waals surface area contributed by atoms with Gasteiger partial charge >= 0.3 is 0 Å². The number of nitrogens with zero attached hydrogens (tertiary/aromatic N) is 2. The number of aromatic nitrogens is 4. The van der Waals surface area contributed by atoms with Crippen LogP contribution >= 0.6 is 23.5 Å². The molecule has 0 bridgehead atoms. The Bertz CT molecular complexity index is 846. The molecule has 0 aliphatic rings. The lowest BCUT2D eigenvalue weighted by Gasteiger charge is -2.01. The molecule has 0 saturated heterocycles. The largest absolute Gasteiger partial charge is 0.333 e. The number of H-pyrrole nitrogens is 2. The molecule has 0 radical (unpaired) electrons. The number of benzene rings is 2. The lowest BCUT2D eigenvalue weighted by Crippen LogP contribution is -1.86. The molecule has 2 aromatic heterocycles. The second-order valence-electron chi connectivity index (χ2n) is 6.58. The quantitative estimate of drug-likeness (QED) is 0.245. The Morgan fingerprint density at radius 3 is 1.52 bits per heavy atom. The summed E-state index contributed by atoms with van der Waals surface area (Å²) in [5.41, 5.74) is 4.37. The Labute approximate surface area is 168 Å². The predicted molar refractivity (Wildman–Crippen MR) is 117 cm³/mol. The Morgan fingerprint density at radius 2 is 1.04 bits per heavy atom. The minimum Gasteiger partial charge on any atom is -0.333 e. The molecule has 0 saturated carbocycles. The van der Waals surface area contributed by atoms with Gasteiger partial charge in [0.05, 0.1) is 22.1 Å². The van der Waals surface area contributed by atoms with Crippen molar-refractivity contribution in [3.63, 3.8) is 0 Å². The molecule has 2 aromatic carbocycles. The van der Waals surface area contributed by atoms with Gasteiger partial charge in [0.2, 0.25) is 0 Å². The van der Waals surface area contributed by atoms with E-state index in [1.807, 2.05) is 47.8 Å². The van der Waals surface area contributed by atoms with Crippen molar-refractivity contribution in [3.8, 4) is 0 Å². The minimum atomic E-state index is 1.04. The molecule has 0 amide bonds. The maximum atomic E-state index is 4.61. The molecule has 0 atom stereocenters. The Hall–Kier alpha value is -1.92. The van der Waals surface area contributed by atoms with Crippen LogP contribution in [0.25, 0.3) is 22.1 Å². The van der Waals surface area contributed by atoms with Gasteiger partial charge in [-0.25, -0.2) is 9.97 Å². The molecule has 2 heterocycles. The molecule has 4 nitrogen and oxygen atoms in total. The first-order valence-corrected chi connectivity index (χ1v) is 11.5. The van der Waals surface area contributed by atoms with E-state index in [2.05, 4.69) is 44.2 Å². The Morgan fingerprint density at radius 1 is 0.593 bits per heavy atom. The van der Waals surface area contributed by atoms with Crippen LogP contribution < -0.4 is 0 Å². The summed E-state index contributed by atoms with van der Waals surface area (Å²) in [6, 6.07) is 16.4. The van der Waals surface area contributed by atoms with Crippen LogP contribution in [0.1, 0.15) is 32.1 Å². The van der Waals surface area contributed by atoms with E-state index in [1.54, 1.807) is 0 Å². The number of imidazole rings is 2. The number of para-hydroxylation sites is 4. The van der Waals surface area contributed by atoms with Gasteiger partial charge in [-0.2, -0.15) is 0 Å². The molecule has 0 aliphatic heterocycles. The fraction of sp³-hybridized carbons (Fsp3) is 0.333. The van der Waals surface area contributed by atoms with Crippen molar-refractivity contribution < 1.29 is 0 Å². The third kappa shape index (κ3) is 5.08. The first-order chi connectivity index (χ1) is 13.4. The maximum absolute atomic E-state index is 4.61. The molecule has 140 valence electrons. The van der Waals surface area contributed by atoms with E-state index < -0.39 is 0 Å². The van der Waals surface area contributed by atoms with Crippen molar-refractivity contribution in [2.24, 2.45) is 0 Å². The summed E-state index contributed by atoms with van der Waals surface area (Å²) < 4.78 is 0. The molecule has 0 spiro atoms. The van der Waals surface area contributed by atoms with Crippen LogP contribution in [0.5, 0.6) is 0 Å². The zero-order chi connectivity index (χ0) is 18.3. The first kappa shape index (κ1) is 18.4. The number of hydrogen-bond acceptors (Lipinski definition) is 4. The first-order valence-electron chi connectivity index (χ1n) is 9.53. The SMILES string of the molecule is c1ccc2[nH]c(SCCCCCCCSc3nc4ccccc4[nH]3)nc2c1. The third-order valence-corrected chi connectivity index (χ3v) is 6.42. The molecule has 6 heteroatoms. The van der Waals surface area contributed by atoms with E-state index in [1.165, 1.54) is 32.1 Å². The standard InChI is InChI=1S/C21H24N4S2/c1(2-8-14-26-20-22-16-10-4-5-11-17(16)23-20)3-9-15-27-21-24-18-12-6-7-13-19(18)25-21/h4-7,10-13H,1-3,8-9,14-15H2,(H,22,23)(H,24,25). The summed E-state index contributed by atoms with van der Waals surface area (Å²) in [5.74, 6) is 2.26. The maximum Gasteiger partial charge on any atom is 0.166 e. The molecule has 0 fully saturated rings. The number of aromatic amines is 2. The summed E-state index contributed by atoms with van der Waals surface area (Å²) in [4.78, 5) is 16.0. The second kappa shape index (κ2) is 9.33. The van der Waals surface area contributed by atoms with Gasteiger partial charge in [-0.15, -0.1) is 0 Å². The summed E-state index contributed by atoms with van der Waals surface area (Å²) >= 11 is 3.66. The minimum absolute atomic E-state index is 1.04. The third-order valence-electron chi connectivity index (χ3n) is 4.50. The highest BCUT2D eigenvalue weighted by Crippen LogP contribution is 2.22. The molecule has 27 heavy (non-hydrogen) atoms. The summed E-state index contributed by atoms with van der Waals surface area (Å²) in [7, 11) is 0. The van der Waals surface area contributed by atoms with Crippen LogP contribution in [0.2, 0.25) is 0 Å². The predicted octanol–water partition coefficient (Wildman–Crippen LogP) is 6.27. The molecular weight excluding hydrogens is 372 g/mol. The molecule has 4 aromatic rings. The average Bonchev–Trinajstić information content (AvgIpc) is 3.29. The lowest BCUT2D eigenvalue weighted by molar-refractivity contribution is 0.662. The smallest absolute Gasteiger partial charge is 0.166 e. The van der Waals surface area contributed by atoms with Gasteiger partial charge in [-0.1, -0.05) is 67.1 Å². The van der Waals surface area contributed by atoms with Gasteiger partial charge in [-0.05, 0) is 37.1 Å². The van der Waals surface area contributed by atoms with Gasteiger partial charge in [0.15, 0.2) is 10.3 Å².